The Kier molecular flexibility index (Phi) is 3.85. The Morgan fingerprint density at radius 2 is 2.15 bits per heavy atom. The van der Waals surface area contributed by atoms with E-state index in [1.807, 2.05) is 13.8 Å². The van der Waals surface area contributed by atoms with Crippen molar-refractivity contribution in [2.75, 3.05) is 6.54 Å². The Hall–Kier alpha value is -1.26. The summed E-state index contributed by atoms with van der Waals surface area (Å²) in [6.45, 7) is 7.09. The molecule has 0 amide bonds. The number of fused-ring (bicyclic) bond motifs is 1. The van der Waals surface area contributed by atoms with E-state index < -0.39 is 0 Å². The number of nitrogens with one attached hydrogen (secondary N) is 1. The molecule has 2 atom stereocenters. The van der Waals surface area contributed by atoms with Crippen LogP contribution in [0.1, 0.15) is 35.5 Å². The largest absolute Gasteiger partial charge is 0.437 e. The molecule has 3 nitrogen and oxygen atoms in total. The highest BCUT2D eigenvalue weighted by Gasteiger charge is 2.33. The lowest BCUT2D eigenvalue weighted by atomic mass is 10.1. The Morgan fingerprint density at radius 3 is 2.85 bits per heavy atom. The normalized spacial score (nSPS) is 21.1. The maximum Gasteiger partial charge on any atom is 0.256 e. The molecule has 1 heterocycles. The maximum atomic E-state index is 5.73. The summed E-state index contributed by atoms with van der Waals surface area (Å²) in [5, 5.41) is 4.84. The Morgan fingerprint density at radius 1 is 1.35 bits per heavy atom. The van der Waals surface area contributed by atoms with E-state index >= 15 is 0 Å². The van der Waals surface area contributed by atoms with Crippen molar-refractivity contribution >= 4 is 11.8 Å². The monoisotopic (exact) mass is 288 g/mol. The van der Waals surface area contributed by atoms with E-state index in [1.165, 1.54) is 11.1 Å². The second-order valence-electron chi connectivity index (χ2n) is 5.22. The standard InChI is InChI=1S/C16H20N2OS/c1-4-17-15-13-8-6-5-7-12(13)9-14(15)20-16-18-10(2)11(3)19-16/h5-8,14-15,17H,4,9H2,1-3H3. The molecular formula is C16H20N2OS. The van der Waals surface area contributed by atoms with Gasteiger partial charge in [0.25, 0.3) is 5.22 Å². The van der Waals surface area contributed by atoms with Gasteiger partial charge in [-0.3, -0.25) is 0 Å². The molecule has 1 aromatic heterocycles. The summed E-state index contributed by atoms with van der Waals surface area (Å²) in [5.41, 5.74) is 3.85. The van der Waals surface area contributed by atoms with E-state index in [0.717, 1.165) is 29.6 Å². The summed E-state index contributed by atoms with van der Waals surface area (Å²) in [4.78, 5) is 4.50. The van der Waals surface area contributed by atoms with Gasteiger partial charge >= 0.3 is 0 Å². The molecule has 1 aliphatic carbocycles. The molecule has 20 heavy (non-hydrogen) atoms. The molecule has 0 saturated heterocycles. The number of nitrogens with zero attached hydrogens (tertiary/aromatic N) is 1. The van der Waals surface area contributed by atoms with Crippen LogP contribution in [0, 0.1) is 13.8 Å². The lowest BCUT2D eigenvalue weighted by Crippen LogP contribution is -2.26. The van der Waals surface area contributed by atoms with Crippen molar-refractivity contribution in [3.8, 4) is 0 Å². The van der Waals surface area contributed by atoms with Crippen molar-refractivity contribution in [2.45, 2.75) is 43.7 Å². The summed E-state index contributed by atoms with van der Waals surface area (Å²) in [6.07, 6.45) is 1.07. The van der Waals surface area contributed by atoms with Crippen molar-refractivity contribution < 1.29 is 4.42 Å². The first-order chi connectivity index (χ1) is 9.69. The average Bonchev–Trinajstić information content (AvgIpc) is 2.92. The van der Waals surface area contributed by atoms with Gasteiger partial charge in [0.1, 0.15) is 5.76 Å². The van der Waals surface area contributed by atoms with Crippen LogP contribution in [0.4, 0.5) is 0 Å². The van der Waals surface area contributed by atoms with Gasteiger partial charge in [0.15, 0.2) is 0 Å². The van der Waals surface area contributed by atoms with Gasteiger partial charge in [-0.2, -0.15) is 0 Å². The van der Waals surface area contributed by atoms with Crippen LogP contribution in [0.25, 0.3) is 0 Å². The Bertz CT molecular complexity index is 589. The van der Waals surface area contributed by atoms with Crippen molar-refractivity contribution in [2.24, 2.45) is 0 Å². The lowest BCUT2D eigenvalue weighted by molar-refractivity contribution is 0.428. The van der Waals surface area contributed by atoms with E-state index in [9.17, 15) is 0 Å². The third-order valence-electron chi connectivity index (χ3n) is 3.87. The van der Waals surface area contributed by atoms with E-state index in [4.69, 9.17) is 4.42 Å². The summed E-state index contributed by atoms with van der Waals surface area (Å²) in [7, 11) is 0. The van der Waals surface area contributed by atoms with Gasteiger partial charge in [0, 0.05) is 11.3 Å². The molecule has 0 aliphatic heterocycles. The fourth-order valence-corrected chi connectivity index (χ4v) is 4.02. The number of rotatable bonds is 4. The predicted octanol–water partition coefficient (Wildman–Crippen LogP) is 3.66. The quantitative estimate of drug-likeness (QED) is 0.932. The molecule has 1 aromatic carbocycles. The summed E-state index contributed by atoms with van der Waals surface area (Å²) in [6, 6.07) is 9.08. The molecule has 0 saturated carbocycles. The first-order valence-corrected chi connectivity index (χ1v) is 7.99. The molecule has 0 radical (unpaired) electrons. The zero-order valence-corrected chi connectivity index (χ0v) is 13.0. The molecule has 0 bridgehead atoms. The number of hydrogen-bond donors (Lipinski definition) is 1. The van der Waals surface area contributed by atoms with Gasteiger partial charge in [0.05, 0.1) is 5.69 Å². The third-order valence-corrected chi connectivity index (χ3v) is 4.99. The number of aryl methyl sites for hydroxylation is 2. The van der Waals surface area contributed by atoms with Crippen molar-refractivity contribution in [3.63, 3.8) is 0 Å². The molecule has 0 spiro atoms. The van der Waals surface area contributed by atoms with Crippen LogP contribution in [0.2, 0.25) is 0 Å². The summed E-state index contributed by atoms with van der Waals surface area (Å²) in [5.74, 6) is 0.919. The topological polar surface area (TPSA) is 38.1 Å². The third kappa shape index (κ3) is 2.50. The summed E-state index contributed by atoms with van der Waals surface area (Å²) < 4.78 is 5.73. The van der Waals surface area contributed by atoms with Gasteiger partial charge in [-0.05, 0) is 37.9 Å². The SMILES string of the molecule is CCNC1c2ccccc2CC1Sc1nc(C)c(C)o1. The molecule has 0 fully saturated rings. The molecular weight excluding hydrogens is 268 g/mol. The molecule has 2 aromatic rings. The number of benzene rings is 1. The van der Waals surface area contributed by atoms with Crippen LogP contribution in [-0.2, 0) is 6.42 Å². The lowest BCUT2D eigenvalue weighted by Gasteiger charge is -2.19. The molecule has 106 valence electrons. The highest BCUT2D eigenvalue weighted by Crippen LogP contribution is 2.41. The smallest absolute Gasteiger partial charge is 0.256 e. The number of aromatic nitrogens is 1. The van der Waals surface area contributed by atoms with Crippen molar-refractivity contribution in [1.82, 2.24) is 10.3 Å². The van der Waals surface area contributed by atoms with Gasteiger partial charge < -0.3 is 9.73 Å². The van der Waals surface area contributed by atoms with Gasteiger partial charge in [0.2, 0.25) is 0 Å². The Balaban J connectivity index is 1.83. The van der Waals surface area contributed by atoms with Crippen LogP contribution in [0.5, 0.6) is 0 Å². The summed E-state index contributed by atoms with van der Waals surface area (Å²) >= 11 is 1.75. The minimum absolute atomic E-state index is 0.383. The minimum atomic E-state index is 0.383. The van der Waals surface area contributed by atoms with Crippen molar-refractivity contribution in [1.29, 1.82) is 0 Å². The highest BCUT2D eigenvalue weighted by molar-refractivity contribution is 7.99. The van der Waals surface area contributed by atoms with Crippen LogP contribution in [0.15, 0.2) is 33.9 Å². The van der Waals surface area contributed by atoms with Gasteiger partial charge in [-0.15, -0.1) is 0 Å². The second-order valence-corrected chi connectivity index (χ2v) is 6.41. The molecule has 1 aliphatic rings. The molecule has 1 N–H and O–H groups in total. The van der Waals surface area contributed by atoms with Crippen LogP contribution < -0.4 is 5.32 Å². The molecule has 3 rings (SSSR count). The number of hydrogen-bond acceptors (Lipinski definition) is 4. The van der Waals surface area contributed by atoms with Crippen LogP contribution in [-0.4, -0.2) is 16.8 Å². The molecule has 2 unspecified atom stereocenters. The fraction of sp³-hybridized carbons (Fsp3) is 0.438. The zero-order chi connectivity index (χ0) is 14.1. The number of oxazole rings is 1. The van der Waals surface area contributed by atoms with Crippen LogP contribution >= 0.6 is 11.8 Å². The average molecular weight is 288 g/mol. The van der Waals surface area contributed by atoms with Gasteiger partial charge in [-0.1, -0.05) is 43.0 Å². The number of thioether (sulfide) groups is 1. The predicted molar refractivity (Wildman–Crippen MR) is 82.2 cm³/mol. The van der Waals surface area contributed by atoms with E-state index in [2.05, 4.69) is 41.5 Å². The first kappa shape index (κ1) is 13.7. The Labute approximate surface area is 124 Å². The first-order valence-electron chi connectivity index (χ1n) is 7.11. The zero-order valence-electron chi connectivity index (χ0n) is 12.1. The van der Waals surface area contributed by atoms with E-state index in [1.54, 1.807) is 11.8 Å². The van der Waals surface area contributed by atoms with E-state index in [0.29, 0.717) is 11.3 Å². The second kappa shape index (κ2) is 5.62. The maximum absolute atomic E-state index is 5.73. The fourth-order valence-electron chi connectivity index (χ4n) is 2.75. The molecule has 4 heteroatoms. The highest BCUT2D eigenvalue weighted by atomic mass is 32.2. The van der Waals surface area contributed by atoms with E-state index in [-0.39, 0.29) is 0 Å². The minimum Gasteiger partial charge on any atom is -0.437 e. The van der Waals surface area contributed by atoms with Gasteiger partial charge in [-0.25, -0.2) is 4.98 Å². The van der Waals surface area contributed by atoms with Crippen LogP contribution in [0.3, 0.4) is 0 Å². The van der Waals surface area contributed by atoms with Crippen molar-refractivity contribution in [3.05, 3.63) is 46.8 Å².